The minimum atomic E-state index is -0.449. The van der Waals surface area contributed by atoms with E-state index in [1.807, 2.05) is 13.8 Å². The number of benzene rings is 1. The Hall–Kier alpha value is -0.900. The number of carbonyl (C=O) groups excluding carboxylic acids is 1. The highest BCUT2D eigenvalue weighted by atomic mass is 79.9. The molecule has 1 unspecified atom stereocenters. The van der Waals surface area contributed by atoms with E-state index in [1.165, 1.54) is 6.07 Å². The quantitative estimate of drug-likeness (QED) is 0.769. The van der Waals surface area contributed by atoms with Gasteiger partial charge in [-0.15, -0.1) is 0 Å². The Morgan fingerprint density at radius 3 is 2.83 bits per heavy atom. The second kappa shape index (κ2) is 5.39. The van der Waals surface area contributed by atoms with Crippen LogP contribution in [0, 0.1) is 12.7 Å². The van der Waals surface area contributed by atoms with E-state index in [9.17, 15) is 9.18 Å². The highest BCUT2D eigenvalue weighted by Gasteiger charge is 2.28. The van der Waals surface area contributed by atoms with Crippen molar-refractivity contribution < 1.29 is 9.18 Å². The summed E-state index contributed by atoms with van der Waals surface area (Å²) < 4.78 is 14.5. The summed E-state index contributed by atoms with van der Waals surface area (Å²) in [5.41, 5.74) is 1.05. The lowest BCUT2D eigenvalue weighted by Gasteiger charge is -2.33. The van der Waals surface area contributed by atoms with Gasteiger partial charge in [0.15, 0.2) is 0 Å². The predicted molar refractivity (Wildman–Crippen MR) is 73.2 cm³/mol. The van der Waals surface area contributed by atoms with Gasteiger partial charge in [0.2, 0.25) is 0 Å². The fourth-order valence-electron chi connectivity index (χ4n) is 2.40. The molecule has 1 fully saturated rings. The van der Waals surface area contributed by atoms with Crippen LogP contribution in [0.1, 0.15) is 42.1 Å². The summed E-state index contributed by atoms with van der Waals surface area (Å²) in [5, 5.41) is 0. The number of rotatable bonds is 1. The third kappa shape index (κ3) is 2.44. The Morgan fingerprint density at radius 2 is 2.17 bits per heavy atom. The van der Waals surface area contributed by atoms with Crippen molar-refractivity contribution in [2.75, 3.05) is 6.54 Å². The number of amides is 1. The fraction of sp³-hybridized carbons (Fsp3) is 0.500. The third-order valence-electron chi connectivity index (χ3n) is 3.56. The second-order valence-corrected chi connectivity index (χ2v) is 5.69. The topological polar surface area (TPSA) is 20.3 Å². The van der Waals surface area contributed by atoms with E-state index < -0.39 is 5.82 Å². The first-order chi connectivity index (χ1) is 8.52. The summed E-state index contributed by atoms with van der Waals surface area (Å²) >= 11 is 3.33. The van der Waals surface area contributed by atoms with Gasteiger partial charge in [0.05, 0.1) is 5.56 Å². The average molecular weight is 314 g/mol. The molecule has 1 aromatic carbocycles. The zero-order valence-electron chi connectivity index (χ0n) is 10.7. The summed E-state index contributed by atoms with van der Waals surface area (Å²) in [5.74, 6) is -0.648. The molecule has 0 radical (unpaired) electrons. The summed E-state index contributed by atoms with van der Waals surface area (Å²) in [6, 6.07) is 3.23. The van der Waals surface area contributed by atoms with Crippen LogP contribution in [0.4, 0.5) is 4.39 Å². The van der Waals surface area contributed by atoms with Crippen LogP contribution in [0.5, 0.6) is 0 Å². The Kier molecular flexibility index (Phi) is 4.05. The minimum Gasteiger partial charge on any atom is -0.336 e. The van der Waals surface area contributed by atoms with Crippen LogP contribution in [0.25, 0.3) is 0 Å². The Labute approximate surface area is 115 Å². The van der Waals surface area contributed by atoms with Crippen molar-refractivity contribution in [1.29, 1.82) is 0 Å². The highest BCUT2D eigenvalue weighted by Crippen LogP contribution is 2.27. The van der Waals surface area contributed by atoms with Gasteiger partial charge in [0, 0.05) is 17.1 Å². The van der Waals surface area contributed by atoms with E-state index in [4.69, 9.17) is 0 Å². The minimum absolute atomic E-state index is 0.170. The van der Waals surface area contributed by atoms with Crippen LogP contribution in [-0.2, 0) is 0 Å². The lowest BCUT2D eigenvalue weighted by molar-refractivity contribution is 0.0629. The van der Waals surface area contributed by atoms with Crippen LogP contribution >= 0.6 is 15.9 Å². The van der Waals surface area contributed by atoms with Crippen LogP contribution in [0.3, 0.4) is 0 Å². The molecule has 2 nitrogen and oxygen atoms in total. The first-order valence-corrected chi connectivity index (χ1v) is 7.07. The maximum absolute atomic E-state index is 13.9. The lowest BCUT2D eigenvalue weighted by Crippen LogP contribution is -2.42. The largest absolute Gasteiger partial charge is 0.336 e. The van der Waals surface area contributed by atoms with Crippen LogP contribution in [-0.4, -0.2) is 23.4 Å². The zero-order valence-corrected chi connectivity index (χ0v) is 12.3. The molecule has 1 aliphatic heterocycles. The molecule has 1 heterocycles. The number of nitrogens with zero attached hydrogens (tertiary/aromatic N) is 1. The van der Waals surface area contributed by atoms with E-state index >= 15 is 0 Å². The Balaban J connectivity index is 2.36. The standard InChI is InChI=1S/C14H17BrFNO/c1-9-6-7-11(16)12(13(9)15)14(18)17-8-4-3-5-10(17)2/h6-7,10H,3-5,8H2,1-2H3. The van der Waals surface area contributed by atoms with Crippen molar-refractivity contribution in [3.05, 3.63) is 33.5 Å². The molecule has 18 heavy (non-hydrogen) atoms. The van der Waals surface area contributed by atoms with Crippen molar-refractivity contribution in [1.82, 2.24) is 4.90 Å². The number of hydrogen-bond acceptors (Lipinski definition) is 1. The van der Waals surface area contributed by atoms with Gasteiger partial charge in [-0.25, -0.2) is 4.39 Å². The molecule has 1 saturated heterocycles. The summed E-state index contributed by atoms with van der Waals surface area (Å²) in [4.78, 5) is 14.2. The first kappa shape index (κ1) is 13.5. The van der Waals surface area contributed by atoms with Gasteiger partial charge in [0.1, 0.15) is 5.82 Å². The summed E-state index contributed by atoms with van der Waals surface area (Å²) in [6.07, 6.45) is 3.14. The van der Waals surface area contributed by atoms with E-state index in [2.05, 4.69) is 15.9 Å². The Bertz CT molecular complexity index is 475. The molecule has 1 amide bonds. The van der Waals surface area contributed by atoms with Crippen molar-refractivity contribution in [2.24, 2.45) is 0 Å². The molecule has 1 aromatic rings. The molecular formula is C14H17BrFNO. The number of aryl methyl sites for hydroxylation is 1. The molecule has 0 bridgehead atoms. The maximum Gasteiger partial charge on any atom is 0.258 e. The number of piperidine rings is 1. The van der Waals surface area contributed by atoms with E-state index in [-0.39, 0.29) is 17.5 Å². The summed E-state index contributed by atoms with van der Waals surface area (Å²) in [7, 11) is 0. The number of hydrogen-bond donors (Lipinski definition) is 0. The van der Waals surface area contributed by atoms with E-state index in [0.29, 0.717) is 4.47 Å². The molecule has 2 rings (SSSR count). The van der Waals surface area contributed by atoms with E-state index in [0.717, 1.165) is 31.4 Å². The van der Waals surface area contributed by atoms with Crippen molar-refractivity contribution in [2.45, 2.75) is 39.2 Å². The number of likely N-dealkylation sites (tertiary alicyclic amines) is 1. The smallest absolute Gasteiger partial charge is 0.258 e. The van der Waals surface area contributed by atoms with Gasteiger partial charge in [-0.05, 0) is 60.7 Å². The van der Waals surface area contributed by atoms with Gasteiger partial charge < -0.3 is 4.90 Å². The Morgan fingerprint density at radius 1 is 1.44 bits per heavy atom. The third-order valence-corrected chi connectivity index (χ3v) is 4.58. The molecule has 4 heteroatoms. The molecule has 1 aliphatic rings. The number of halogens is 2. The van der Waals surface area contributed by atoms with E-state index in [1.54, 1.807) is 11.0 Å². The molecule has 0 aliphatic carbocycles. The SMILES string of the molecule is Cc1ccc(F)c(C(=O)N2CCCCC2C)c1Br. The normalized spacial score (nSPS) is 20.0. The molecule has 1 atom stereocenters. The van der Waals surface area contributed by atoms with Crippen molar-refractivity contribution >= 4 is 21.8 Å². The molecule has 0 saturated carbocycles. The molecular weight excluding hydrogens is 297 g/mol. The zero-order chi connectivity index (χ0) is 13.3. The summed E-state index contributed by atoms with van der Waals surface area (Å²) in [6.45, 7) is 4.61. The maximum atomic E-state index is 13.9. The molecule has 98 valence electrons. The number of carbonyl (C=O) groups is 1. The van der Waals surface area contributed by atoms with Crippen molar-refractivity contribution in [3.8, 4) is 0 Å². The monoisotopic (exact) mass is 313 g/mol. The molecule has 0 aromatic heterocycles. The highest BCUT2D eigenvalue weighted by molar-refractivity contribution is 9.10. The van der Waals surface area contributed by atoms with Crippen LogP contribution in [0.2, 0.25) is 0 Å². The first-order valence-electron chi connectivity index (χ1n) is 6.28. The fourth-order valence-corrected chi connectivity index (χ4v) is 2.89. The van der Waals surface area contributed by atoms with Crippen LogP contribution < -0.4 is 0 Å². The van der Waals surface area contributed by atoms with Crippen molar-refractivity contribution in [3.63, 3.8) is 0 Å². The van der Waals surface area contributed by atoms with Gasteiger partial charge in [0.25, 0.3) is 5.91 Å². The van der Waals surface area contributed by atoms with Gasteiger partial charge in [-0.2, -0.15) is 0 Å². The van der Waals surface area contributed by atoms with Gasteiger partial charge >= 0.3 is 0 Å². The van der Waals surface area contributed by atoms with Gasteiger partial charge in [-0.3, -0.25) is 4.79 Å². The molecule has 0 spiro atoms. The average Bonchev–Trinajstić information content (AvgIpc) is 2.35. The molecule has 0 N–H and O–H groups in total. The van der Waals surface area contributed by atoms with Crippen LogP contribution in [0.15, 0.2) is 16.6 Å². The van der Waals surface area contributed by atoms with Gasteiger partial charge in [-0.1, -0.05) is 6.07 Å². The lowest BCUT2D eigenvalue weighted by atomic mass is 10.0. The second-order valence-electron chi connectivity index (χ2n) is 4.90. The predicted octanol–water partition coefficient (Wildman–Crippen LogP) is 3.91.